The summed E-state index contributed by atoms with van der Waals surface area (Å²) in [5.74, 6) is 0. The van der Waals surface area contributed by atoms with E-state index in [9.17, 15) is 0 Å². The fourth-order valence-electron chi connectivity index (χ4n) is 7.75. The summed E-state index contributed by atoms with van der Waals surface area (Å²) in [6.07, 6.45) is 0. The van der Waals surface area contributed by atoms with Crippen LogP contribution in [-0.4, -0.2) is 4.98 Å². The number of anilines is 3. The summed E-state index contributed by atoms with van der Waals surface area (Å²) >= 11 is 3.59. The third kappa shape index (κ3) is 5.12. The molecule has 11 aromatic rings. The van der Waals surface area contributed by atoms with Crippen LogP contribution in [0.2, 0.25) is 0 Å². The minimum absolute atomic E-state index is 0.844. The predicted octanol–water partition coefficient (Wildman–Crippen LogP) is 15.0. The van der Waals surface area contributed by atoms with Crippen molar-refractivity contribution in [1.82, 2.24) is 4.98 Å². The molecule has 0 amide bonds. The Morgan fingerprint density at radius 2 is 1.11 bits per heavy atom. The van der Waals surface area contributed by atoms with Gasteiger partial charge in [-0.15, -0.1) is 22.7 Å². The molecule has 0 unspecified atom stereocenters. The summed E-state index contributed by atoms with van der Waals surface area (Å²) in [6, 6.07) is 64.9. The van der Waals surface area contributed by atoms with Crippen molar-refractivity contribution in [3.63, 3.8) is 0 Å². The predicted molar refractivity (Wildman–Crippen MR) is 231 cm³/mol. The second kappa shape index (κ2) is 12.6. The van der Waals surface area contributed by atoms with Gasteiger partial charge < -0.3 is 9.32 Å². The average Bonchev–Trinajstić information content (AvgIpc) is 3.95. The van der Waals surface area contributed by atoms with E-state index in [1.165, 1.54) is 42.4 Å². The van der Waals surface area contributed by atoms with Crippen LogP contribution in [0.15, 0.2) is 186 Å². The molecule has 254 valence electrons. The van der Waals surface area contributed by atoms with Crippen LogP contribution in [0, 0.1) is 0 Å². The second-order valence-electron chi connectivity index (χ2n) is 13.5. The van der Waals surface area contributed by atoms with Gasteiger partial charge in [-0.1, -0.05) is 121 Å². The molecule has 0 aliphatic rings. The topological polar surface area (TPSA) is 29.3 Å². The number of furan rings is 1. The molecule has 5 heteroatoms. The van der Waals surface area contributed by atoms with Crippen molar-refractivity contribution in [2.24, 2.45) is 0 Å². The summed E-state index contributed by atoms with van der Waals surface area (Å²) in [4.78, 5) is 7.54. The molecular formula is C49H30N2OS2. The maximum atomic E-state index is 6.47. The van der Waals surface area contributed by atoms with Crippen LogP contribution in [0.1, 0.15) is 0 Å². The smallest absolute Gasteiger partial charge is 0.137 e. The summed E-state index contributed by atoms with van der Waals surface area (Å²) in [7, 11) is 0. The van der Waals surface area contributed by atoms with E-state index in [1.54, 1.807) is 11.3 Å². The molecule has 11 rings (SSSR count). The van der Waals surface area contributed by atoms with Crippen molar-refractivity contribution in [2.75, 3.05) is 4.90 Å². The van der Waals surface area contributed by atoms with E-state index >= 15 is 0 Å². The number of rotatable bonds is 6. The highest BCUT2D eigenvalue weighted by Crippen LogP contribution is 2.44. The van der Waals surface area contributed by atoms with E-state index in [4.69, 9.17) is 9.40 Å². The van der Waals surface area contributed by atoms with Crippen LogP contribution in [0.25, 0.3) is 85.2 Å². The van der Waals surface area contributed by atoms with Gasteiger partial charge in [0.15, 0.2) is 0 Å². The van der Waals surface area contributed by atoms with Gasteiger partial charge in [0.1, 0.15) is 16.2 Å². The largest absolute Gasteiger partial charge is 0.456 e. The molecule has 0 spiro atoms. The maximum absolute atomic E-state index is 6.47. The molecule has 0 bridgehead atoms. The van der Waals surface area contributed by atoms with Crippen LogP contribution >= 0.6 is 22.7 Å². The number of hydrogen-bond acceptors (Lipinski definition) is 5. The summed E-state index contributed by atoms with van der Waals surface area (Å²) in [6.45, 7) is 0. The molecule has 54 heavy (non-hydrogen) atoms. The average molecular weight is 727 g/mol. The highest BCUT2D eigenvalue weighted by atomic mass is 32.1. The second-order valence-corrected chi connectivity index (χ2v) is 15.6. The zero-order chi connectivity index (χ0) is 35.6. The van der Waals surface area contributed by atoms with E-state index in [-0.39, 0.29) is 0 Å². The first-order valence-corrected chi connectivity index (χ1v) is 19.7. The molecule has 0 N–H and O–H groups in total. The number of thiazole rings is 1. The fourth-order valence-corrected chi connectivity index (χ4v) is 9.97. The molecule has 0 saturated heterocycles. The first kappa shape index (κ1) is 31.0. The Morgan fingerprint density at radius 1 is 0.426 bits per heavy atom. The molecule has 3 nitrogen and oxygen atoms in total. The van der Waals surface area contributed by atoms with Gasteiger partial charge in [-0.3, -0.25) is 0 Å². The Labute approximate surface area is 319 Å². The minimum atomic E-state index is 0.844. The normalized spacial score (nSPS) is 11.7. The number of benzene rings is 8. The zero-order valence-corrected chi connectivity index (χ0v) is 30.6. The Hall–Kier alpha value is -6.53. The summed E-state index contributed by atoms with van der Waals surface area (Å²) in [5, 5.41) is 5.73. The number of hydrogen-bond donors (Lipinski definition) is 0. The van der Waals surface area contributed by atoms with Gasteiger partial charge in [-0.2, -0.15) is 0 Å². The van der Waals surface area contributed by atoms with Crippen molar-refractivity contribution in [1.29, 1.82) is 0 Å². The van der Waals surface area contributed by atoms with Crippen LogP contribution in [0.4, 0.5) is 17.1 Å². The zero-order valence-electron chi connectivity index (χ0n) is 28.9. The monoisotopic (exact) mass is 726 g/mol. The van der Waals surface area contributed by atoms with Crippen molar-refractivity contribution >= 4 is 92.1 Å². The van der Waals surface area contributed by atoms with E-state index in [0.29, 0.717) is 0 Å². The molecule has 0 fully saturated rings. The van der Waals surface area contributed by atoms with Crippen molar-refractivity contribution in [3.05, 3.63) is 182 Å². The quantitative estimate of drug-likeness (QED) is 0.171. The van der Waals surface area contributed by atoms with Gasteiger partial charge in [0, 0.05) is 48.2 Å². The number of thiophene rings is 1. The molecule has 0 saturated carbocycles. The molecule has 0 aliphatic heterocycles. The lowest BCUT2D eigenvalue weighted by atomic mass is 10.0. The first-order valence-electron chi connectivity index (χ1n) is 18.0. The van der Waals surface area contributed by atoms with E-state index in [0.717, 1.165) is 59.8 Å². The van der Waals surface area contributed by atoms with Crippen LogP contribution in [-0.2, 0) is 0 Å². The van der Waals surface area contributed by atoms with Crippen LogP contribution < -0.4 is 4.90 Å². The third-order valence-corrected chi connectivity index (χ3v) is 12.6. The minimum Gasteiger partial charge on any atom is -0.456 e. The molecule has 3 aromatic heterocycles. The van der Waals surface area contributed by atoms with Crippen LogP contribution in [0.5, 0.6) is 0 Å². The molecule has 0 atom stereocenters. The number of fused-ring (bicyclic) bond motifs is 8. The van der Waals surface area contributed by atoms with Gasteiger partial charge >= 0.3 is 0 Å². The SMILES string of the molecule is c1ccc(-c2cccc(N(c3ccc(-c4cccc5c4sc4ccccc45)cc3)c3ccc4oc5ccc6sc(-c7ccccc7)nc6c5c4c3)c2)cc1. The van der Waals surface area contributed by atoms with Crippen molar-refractivity contribution < 1.29 is 4.42 Å². The lowest BCUT2D eigenvalue weighted by Gasteiger charge is -2.26. The molecule has 0 aliphatic carbocycles. The number of nitrogens with zero attached hydrogens (tertiary/aromatic N) is 2. The highest BCUT2D eigenvalue weighted by molar-refractivity contribution is 7.26. The first-order chi connectivity index (χ1) is 26.7. The van der Waals surface area contributed by atoms with Crippen molar-refractivity contribution in [2.45, 2.75) is 0 Å². The van der Waals surface area contributed by atoms with Gasteiger partial charge in [-0.25, -0.2) is 4.98 Å². The highest BCUT2D eigenvalue weighted by Gasteiger charge is 2.20. The van der Waals surface area contributed by atoms with Gasteiger partial charge in [0.2, 0.25) is 0 Å². The maximum Gasteiger partial charge on any atom is 0.137 e. The molecule has 0 radical (unpaired) electrons. The molecular weight excluding hydrogens is 697 g/mol. The lowest BCUT2D eigenvalue weighted by Crippen LogP contribution is -2.10. The Morgan fingerprint density at radius 3 is 1.96 bits per heavy atom. The molecule has 3 heterocycles. The van der Waals surface area contributed by atoms with E-state index < -0.39 is 0 Å². The van der Waals surface area contributed by atoms with Gasteiger partial charge in [-0.05, 0) is 82.9 Å². The summed E-state index contributed by atoms with van der Waals surface area (Å²) in [5.41, 5.74) is 11.8. The standard InChI is InChI=1S/C49H30N2OS2/c1-3-11-31(12-4-1)34-15-9-16-36(29-34)51(35-23-21-32(22-24-35)38-18-10-19-40-39-17-7-8-20-44(39)53-48(38)40)37-25-26-42-41(30-37)46-43(52-42)27-28-45-47(46)50-49(54-45)33-13-5-2-6-14-33/h1-30H. The Kier molecular flexibility index (Phi) is 7.22. The number of aromatic nitrogens is 1. The van der Waals surface area contributed by atoms with E-state index in [1.807, 2.05) is 17.4 Å². The Balaban J connectivity index is 1.08. The molecule has 8 aromatic carbocycles. The van der Waals surface area contributed by atoms with E-state index in [2.05, 4.69) is 181 Å². The Bertz CT molecular complexity index is 3160. The fraction of sp³-hybridized carbons (Fsp3) is 0. The third-order valence-electron chi connectivity index (χ3n) is 10.3. The summed E-state index contributed by atoms with van der Waals surface area (Å²) < 4.78 is 10.2. The van der Waals surface area contributed by atoms with Gasteiger partial charge in [0.25, 0.3) is 0 Å². The van der Waals surface area contributed by atoms with Crippen molar-refractivity contribution in [3.8, 4) is 32.8 Å². The van der Waals surface area contributed by atoms with Gasteiger partial charge in [0.05, 0.1) is 15.6 Å². The van der Waals surface area contributed by atoms with Crippen LogP contribution in [0.3, 0.4) is 0 Å². The lowest BCUT2D eigenvalue weighted by molar-refractivity contribution is 0.669.